The smallest absolute Gasteiger partial charge is 0.319 e. The fourth-order valence-electron chi connectivity index (χ4n) is 3.61. The number of amides is 2. The number of nitrogens with zero attached hydrogens (tertiary/aromatic N) is 1. The zero-order valence-electron chi connectivity index (χ0n) is 17.8. The van der Waals surface area contributed by atoms with Crippen molar-refractivity contribution in [1.82, 2.24) is 5.32 Å². The Balaban J connectivity index is 1.86. The molecule has 0 aromatic heterocycles. The molecular formula is C24H23N3O4S. The number of methoxy groups -OCH3 is 1. The van der Waals surface area contributed by atoms with Gasteiger partial charge in [-0.25, -0.2) is 0 Å². The Kier molecular flexibility index (Phi) is 7.68. The molecule has 0 saturated carbocycles. The number of aryl methyl sites for hydroxylation is 1. The highest BCUT2D eigenvalue weighted by molar-refractivity contribution is 8.03. The highest BCUT2D eigenvalue weighted by Gasteiger charge is 2.44. The first-order valence-corrected chi connectivity index (χ1v) is 11.1. The number of hydrogen-bond acceptors (Lipinski definition) is 6. The first-order chi connectivity index (χ1) is 15.5. The van der Waals surface area contributed by atoms with Crippen LogP contribution in [0.3, 0.4) is 0 Å². The van der Waals surface area contributed by atoms with Gasteiger partial charge in [-0.2, -0.15) is 5.26 Å². The van der Waals surface area contributed by atoms with Crippen LogP contribution in [0.2, 0.25) is 0 Å². The van der Waals surface area contributed by atoms with Gasteiger partial charge in [0.1, 0.15) is 5.92 Å². The van der Waals surface area contributed by atoms with E-state index in [1.807, 2.05) is 37.3 Å². The van der Waals surface area contributed by atoms with E-state index in [1.54, 1.807) is 24.3 Å². The molecule has 3 rings (SSSR count). The standard InChI is InChI=1S/C24H23N3O4S/c1-3-15-9-7-8-12-18(15)26-19(28)14-32-23-17(13-25)20(16-10-5-4-6-11-16)21(22(29)27-23)24(30)31-2/h4-12,20-21H,3,14H2,1-2H3,(H,26,28)(H,27,29)/t20-,21-/m0/s1. The summed E-state index contributed by atoms with van der Waals surface area (Å²) in [7, 11) is 1.20. The minimum atomic E-state index is -1.19. The maximum atomic E-state index is 12.8. The van der Waals surface area contributed by atoms with Crippen LogP contribution in [0.4, 0.5) is 5.69 Å². The largest absolute Gasteiger partial charge is 0.468 e. The summed E-state index contributed by atoms with van der Waals surface area (Å²) >= 11 is 1.06. The second kappa shape index (κ2) is 10.6. The van der Waals surface area contributed by atoms with Gasteiger partial charge in [0, 0.05) is 11.6 Å². The van der Waals surface area contributed by atoms with Crippen molar-refractivity contribution in [3.63, 3.8) is 0 Å². The molecule has 0 saturated heterocycles. The summed E-state index contributed by atoms with van der Waals surface area (Å²) < 4.78 is 4.82. The molecule has 0 unspecified atom stereocenters. The van der Waals surface area contributed by atoms with E-state index in [9.17, 15) is 19.6 Å². The number of nitriles is 1. The first kappa shape index (κ1) is 23.1. The number of rotatable bonds is 7. The Bertz CT molecular complexity index is 1090. The van der Waals surface area contributed by atoms with E-state index >= 15 is 0 Å². The van der Waals surface area contributed by atoms with Crippen LogP contribution in [0.15, 0.2) is 65.2 Å². The zero-order valence-corrected chi connectivity index (χ0v) is 18.6. The number of nitrogens with one attached hydrogen (secondary N) is 2. The van der Waals surface area contributed by atoms with Crippen molar-refractivity contribution >= 4 is 35.2 Å². The Morgan fingerprint density at radius 1 is 1.16 bits per heavy atom. The van der Waals surface area contributed by atoms with E-state index in [0.717, 1.165) is 29.4 Å². The van der Waals surface area contributed by atoms with Crippen molar-refractivity contribution in [1.29, 1.82) is 5.26 Å². The lowest BCUT2D eigenvalue weighted by atomic mass is 9.78. The van der Waals surface area contributed by atoms with Crippen molar-refractivity contribution in [3.8, 4) is 6.07 Å². The molecule has 2 aromatic rings. The molecule has 2 atom stereocenters. The van der Waals surface area contributed by atoms with Gasteiger partial charge in [0.05, 0.1) is 29.5 Å². The third-order valence-electron chi connectivity index (χ3n) is 5.16. The number of hydrogen-bond donors (Lipinski definition) is 2. The van der Waals surface area contributed by atoms with E-state index in [-0.39, 0.29) is 22.3 Å². The average Bonchev–Trinajstić information content (AvgIpc) is 2.82. The number of thioether (sulfide) groups is 1. The third kappa shape index (κ3) is 5.01. The monoisotopic (exact) mass is 449 g/mol. The number of carbonyl (C=O) groups is 3. The minimum Gasteiger partial charge on any atom is -0.468 e. The molecule has 8 heteroatoms. The van der Waals surface area contributed by atoms with Gasteiger partial charge in [-0.05, 0) is 23.6 Å². The van der Waals surface area contributed by atoms with Crippen molar-refractivity contribution < 1.29 is 19.1 Å². The average molecular weight is 450 g/mol. The normalized spacial score (nSPS) is 17.8. The summed E-state index contributed by atoms with van der Waals surface area (Å²) in [6.07, 6.45) is 0.775. The summed E-state index contributed by atoms with van der Waals surface area (Å²) in [5, 5.41) is 15.7. The molecule has 32 heavy (non-hydrogen) atoms. The number of carbonyl (C=O) groups excluding carboxylic acids is 3. The molecule has 7 nitrogen and oxygen atoms in total. The van der Waals surface area contributed by atoms with Crippen LogP contribution < -0.4 is 10.6 Å². The van der Waals surface area contributed by atoms with Crippen LogP contribution in [-0.4, -0.2) is 30.6 Å². The van der Waals surface area contributed by atoms with E-state index in [4.69, 9.17) is 4.74 Å². The van der Waals surface area contributed by atoms with Gasteiger partial charge >= 0.3 is 5.97 Å². The lowest BCUT2D eigenvalue weighted by molar-refractivity contribution is -0.150. The molecule has 1 heterocycles. The van der Waals surface area contributed by atoms with E-state index in [2.05, 4.69) is 16.7 Å². The predicted molar refractivity (Wildman–Crippen MR) is 122 cm³/mol. The number of benzene rings is 2. The molecule has 0 radical (unpaired) electrons. The minimum absolute atomic E-state index is 0.0107. The van der Waals surface area contributed by atoms with Crippen molar-refractivity contribution in [2.45, 2.75) is 19.3 Å². The molecule has 2 N–H and O–H groups in total. The van der Waals surface area contributed by atoms with Crippen LogP contribution >= 0.6 is 11.8 Å². The Morgan fingerprint density at radius 2 is 1.84 bits per heavy atom. The molecule has 0 spiro atoms. The maximum Gasteiger partial charge on any atom is 0.319 e. The maximum absolute atomic E-state index is 12.8. The summed E-state index contributed by atoms with van der Waals surface area (Å²) in [6.45, 7) is 2.00. The first-order valence-electron chi connectivity index (χ1n) is 10.1. The second-order valence-electron chi connectivity index (χ2n) is 7.08. The second-order valence-corrected chi connectivity index (χ2v) is 8.07. The topological polar surface area (TPSA) is 108 Å². The van der Waals surface area contributed by atoms with Gasteiger partial charge in [0.15, 0.2) is 0 Å². The van der Waals surface area contributed by atoms with Crippen molar-refractivity contribution in [3.05, 3.63) is 76.3 Å². The number of allylic oxidation sites excluding steroid dienone is 1. The van der Waals surface area contributed by atoms with E-state index < -0.39 is 23.7 Å². The SMILES string of the molecule is CCc1ccccc1NC(=O)CSC1=C(C#N)[C@H](c2ccccc2)[C@H](C(=O)OC)C(=O)N1. The quantitative estimate of drug-likeness (QED) is 0.496. The molecular weight excluding hydrogens is 426 g/mol. The van der Waals surface area contributed by atoms with Crippen LogP contribution in [0.1, 0.15) is 24.0 Å². The van der Waals surface area contributed by atoms with E-state index in [1.165, 1.54) is 7.11 Å². The molecule has 0 bridgehead atoms. The highest BCUT2D eigenvalue weighted by Crippen LogP contribution is 2.40. The molecule has 1 aliphatic heterocycles. The molecule has 164 valence electrons. The van der Waals surface area contributed by atoms with E-state index in [0.29, 0.717) is 5.56 Å². The molecule has 2 aromatic carbocycles. The van der Waals surface area contributed by atoms with Crippen LogP contribution in [0.25, 0.3) is 0 Å². The van der Waals surface area contributed by atoms with Crippen LogP contribution in [0.5, 0.6) is 0 Å². The molecule has 0 fully saturated rings. The van der Waals surface area contributed by atoms with Gasteiger partial charge in [-0.1, -0.05) is 67.2 Å². The lowest BCUT2D eigenvalue weighted by Gasteiger charge is -2.30. The van der Waals surface area contributed by atoms with Gasteiger partial charge in [0.25, 0.3) is 0 Å². The lowest BCUT2D eigenvalue weighted by Crippen LogP contribution is -2.44. The summed E-state index contributed by atoms with van der Waals surface area (Å²) in [5.41, 5.74) is 2.61. The Labute approximate surface area is 190 Å². The Morgan fingerprint density at radius 3 is 2.50 bits per heavy atom. The predicted octanol–water partition coefficient (Wildman–Crippen LogP) is 3.36. The van der Waals surface area contributed by atoms with Crippen molar-refractivity contribution in [2.24, 2.45) is 5.92 Å². The zero-order chi connectivity index (χ0) is 23.1. The molecule has 1 aliphatic rings. The van der Waals surface area contributed by atoms with Crippen molar-refractivity contribution in [2.75, 3.05) is 18.2 Å². The van der Waals surface area contributed by atoms with Gasteiger partial charge < -0.3 is 15.4 Å². The number of anilines is 1. The molecule has 2 amide bonds. The summed E-state index contributed by atoms with van der Waals surface area (Å²) in [5.74, 6) is -3.55. The Hall–Kier alpha value is -3.57. The number of ether oxygens (including phenoxy) is 1. The van der Waals surface area contributed by atoms with Gasteiger partial charge in [-0.3, -0.25) is 14.4 Å². The summed E-state index contributed by atoms with van der Waals surface area (Å²) in [4.78, 5) is 37.7. The molecule has 0 aliphatic carbocycles. The van der Waals surface area contributed by atoms with Gasteiger partial charge in [0.2, 0.25) is 11.8 Å². The van der Waals surface area contributed by atoms with Crippen LogP contribution in [-0.2, 0) is 25.5 Å². The highest BCUT2D eigenvalue weighted by atomic mass is 32.2. The summed E-state index contributed by atoms with van der Waals surface area (Å²) in [6, 6.07) is 18.5. The van der Waals surface area contributed by atoms with Gasteiger partial charge in [-0.15, -0.1) is 0 Å². The third-order valence-corrected chi connectivity index (χ3v) is 6.18. The number of esters is 1. The fourth-order valence-corrected chi connectivity index (χ4v) is 4.46. The number of para-hydroxylation sites is 1. The van der Waals surface area contributed by atoms with Crippen LogP contribution in [0, 0.1) is 17.2 Å². The fraction of sp³-hybridized carbons (Fsp3) is 0.250.